The van der Waals surface area contributed by atoms with E-state index in [2.05, 4.69) is 10.2 Å². The molecular weight excluding hydrogens is 365 g/mol. The standard InChI is InChI=1S/C22H23F3N2O/c23-22(24,25)18-11-12-20(27-14-6-1-2-7-15-27)19(16-18)26-21(28)13-10-17-8-4-3-5-9-17/h3-5,8-13,16H,1-2,6-7,14-15H2,(H,26,28)/b13-10+. The molecule has 0 unspecified atom stereocenters. The van der Waals surface area contributed by atoms with Crippen LogP contribution in [0.2, 0.25) is 0 Å². The van der Waals surface area contributed by atoms with Crippen molar-refractivity contribution in [1.82, 2.24) is 0 Å². The lowest BCUT2D eigenvalue weighted by Crippen LogP contribution is -2.26. The van der Waals surface area contributed by atoms with E-state index in [-0.39, 0.29) is 5.69 Å². The van der Waals surface area contributed by atoms with Gasteiger partial charge in [-0.15, -0.1) is 0 Å². The summed E-state index contributed by atoms with van der Waals surface area (Å²) in [6.07, 6.45) is 2.70. The zero-order chi connectivity index (χ0) is 20.0. The lowest BCUT2D eigenvalue weighted by Gasteiger charge is -2.26. The van der Waals surface area contributed by atoms with Crippen molar-refractivity contribution >= 4 is 23.4 Å². The second kappa shape index (κ2) is 8.95. The van der Waals surface area contributed by atoms with Gasteiger partial charge in [0.25, 0.3) is 0 Å². The molecular formula is C22H23F3N2O. The molecule has 0 aromatic heterocycles. The molecule has 0 radical (unpaired) electrons. The average Bonchev–Trinajstić information content (AvgIpc) is 2.96. The van der Waals surface area contributed by atoms with E-state index >= 15 is 0 Å². The molecule has 1 fully saturated rings. The first-order chi connectivity index (χ1) is 13.4. The Balaban J connectivity index is 1.85. The minimum absolute atomic E-state index is 0.194. The van der Waals surface area contributed by atoms with E-state index < -0.39 is 17.6 Å². The highest BCUT2D eigenvalue weighted by Crippen LogP contribution is 2.36. The fraction of sp³-hybridized carbons (Fsp3) is 0.318. The van der Waals surface area contributed by atoms with Gasteiger partial charge in [0.05, 0.1) is 16.9 Å². The first-order valence-electron chi connectivity index (χ1n) is 9.44. The van der Waals surface area contributed by atoms with Crippen LogP contribution in [0.15, 0.2) is 54.6 Å². The van der Waals surface area contributed by atoms with Crippen LogP contribution in [-0.2, 0) is 11.0 Å². The highest BCUT2D eigenvalue weighted by molar-refractivity contribution is 6.03. The number of rotatable bonds is 4. The molecule has 0 saturated carbocycles. The van der Waals surface area contributed by atoms with Gasteiger partial charge in [-0.2, -0.15) is 13.2 Å². The number of carbonyl (C=O) groups excluding carboxylic acids is 1. The molecule has 1 N–H and O–H groups in total. The van der Waals surface area contributed by atoms with E-state index in [1.54, 1.807) is 6.08 Å². The van der Waals surface area contributed by atoms with Crippen LogP contribution in [0.3, 0.4) is 0 Å². The van der Waals surface area contributed by atoms with E-state index in [1.165, 1.54) is 12.1 Å². The van der Waals surface area contributed by atoms with E-state index in [4.69, 9.17) is 0 Å². The summed E-state index contributed by atoms with van der Waals surface area (Å²) >= 11 is 0. The van der Waals surface area contributed by atoms with E-state index in [0.717, 1.165) is 56.5 Å². The summed E-state index contributed by atoms with van der Waals surface area (Å²) in [7, 11) is 0. The number of nitrogens with zero attached hydrogens (tertiary/aromatic N) is 1. The van der Waals surface area contributed by atoms with Gasteiger partial charge in [-0.1, -0.05) is 43.2 Å². The Morgan fingerprint density at radius 3 is 2.29 bits per heavy atom. The molecule has 3 nitrogen and oxygen atoms in total. The average molecular weight is 388 g/mol. The summed E-state index contributed by atoms with van der Waals surface area (Å²) in [6, 6.07) is 12.8. The highest BCUT2D eigenvalue weighted by atomic mass is 19.4. The predicted octanol–water partition coefficient (Wildman–Crippen LogP) is 5.74. The van der Waals surface area contributed by atoms with Crippen LogP contribution in [0.1, 0.15) is 36.8 Å². The van der Waals surface area contributed by atoms with Crippen LogP contribution in [-0.4, -0.2) is 19.0 Å². The van der Waals surface area contributed by atoms with Crippen LogP contribution >= 0.6 is 0 Å². The monoisotopic (exact) mass is 388 g/mol. The molecule has 0 aliphatic carbocycles. The highest BCUT2D eigenvalue weighted by Gasteiger charge is 2.31. The van der Waals surface area contributed by atoms with Gasteiger partial charge < -0.3 is 10.2 Å². The Labute approximate surface area is 162 Å². The molecule has 28 heavy (non-hydrogen) atoms. The van der Waals surface area contributed by atoms with Gasteiger partial charge in [0.2, 0.25) is 5.91 Å². The molecule has 2 aromatic rings. The van der Waals surface area contributed by atoms with E-state index in [9.17, 15) is 18.0 Å². The third-order valence-corrected chi connectivity index (χ3v) is 4.76. The molecule has 3 rings (SSSR count). The number of alkyl halides is 3. The van der Waals surface area contributed by atoms with Gasteiger partial charge in [-0.3, -0.25) is 4.79 Å². The van der Waals surface area contributed by atoms with Crippen LogP contribution in [0.25, 0.3) is 6.08 Å². The zero-order valence-corrected chi connectivity index (χ0v) is 15.5. The molecule has 1 saturated heterocycles. The summed E-state index contributed by atoms with van der Waals surface area (Å²) in [6.45, 7) is 1.54. The molecule has 0 bridgehead atoms. The predicted molar refractivity (Wildman–Crippen MR) is 106 cm³/mol. The van der Waals surface area contributed by atoms with Gasteiger partial charge in [0.15, 0.2) is 0 Å². The molecule has 6 heteroatoms. The summed E-state index contributed by atoms with van der Waals surface area (Å²) < 4.78 is 39.5. The minimum Gasteiger partial charge on any atom is -0.370 e. The number of benzene rings is 2. The molecule has 148 valence electrons. The first-order valence-corrected chi connectivity index (χ1v) is 9.44. The number of nitrogens with one attached hydrogen (secondary N) is 1. The first kappa shape index (κ1) is 20.0. The second-order valence-electron chi connectivity index (χ2n) is 6.86. The molecule has 1 amide bonds. The van der Waals surface area contributed by atoms with Crippen molar-refractivity contribution in [2.45, 2.75) is 31.9 Å². The van der Waals surface area contributed by atoms with Crippen LogP contribution in [0, 0.1) is 0 Å². The van der Waals surface area contributed by atoms with Crippen molar-refractivity contribution in [3.63, 3.8) is 0 Å². The number of hydrogen-bond acceptors (Lipinski definition) is 2. The minimum atomic E-state index is -4.46. The molecule has 1 heterocycles. The number of halogens is 3. The third-order valence-electron chi connectivity index (χ3n) is 4.76. The van der Waals surface area contributed by atoms with Gasteiger partial charge in [0.1, 0.15) is 0 Å². The van der Waals surface area contributed by atoms with Gasteiger partial charge in [0, 0.05) is 19.2 Å². The summed E-state index contributed by atoms with van der Waals surface area (Å²) in [5.74, 6) is -0.459. The summed E-state index contributed by atoms with van der Waals surface area (Å²) in [5, 5.41) is 2.64. The maximum Gasteiger partial charge on any atom is 0.416 e. The lowest BCUT2D eigenvalue weighted by atomic mass is 10.1. The molecule has 2 aromatic carbocycles. The van der Waals surface area contributed by atoms with E-state index in [1.807, 2.05) is 30.3 Å². The summed E-state index contributed by atoms with van der Waals surface area (Å²) in [4.78, 5) is 14.4. The molecule has 0 spiro atoms. The van der Waals surface area contributed by atoms with Crippen molar-refractivity contribution in [3.05, 3.63) is 65.7 Å². The van der Waals surface area contributed by atoms with Crippen molar-refractivity contribution in [1.29, 1.82) is 0 Å². The van der Waals surface area contributed by atoms with Crippen LogP contribution in [0.5, 0.6) is 0 Å². The normalized spacial score (nSPS) is 15.5. The zero-order valence-electron chi connectivity index (χ0n) is 15.5. The van der Waals surface area contributed by atoms with Crippen molar-refractivity contribution < 1.29 is 18.0 Å². The van der Waals surface area contributed by atoms with Crippen molar-refractivity contribution in [2.24, 2.45) is 0 Å². The van der Waals surface area contributed by atoms with Crippen molar-refractivity contribution in [2.75, 3.05) is 23.3 Å². The second-order valence-corrected chi connectivity index (χ2v) is 6.86. The molecule has 1 aliphatic rings. The fourth-order valence-electron chi connectivity index (χ4n) is 3.31. The Bertz CT molecular complexity index is 823. The molecule has 1 aliphatic heterocycles. The molecule has 0 atom stereocenters. The number of amides is 1. The smallest absolute Gasteiger partial charge is 0.370 e. The topological polar surface area (TPSA) is 32.3 Å². The fourth-order valence-corrected chi connectivity index (χ4v) is 3.31. The quantitative estimate of drug-likeness (QED) is 0.678. The maximum atomic E-state index is 13.2. The Hall–Kier alpha value is -2.76. The Morgan fingerprint density at radius 1 is 0.964 bits per heavy atom. The largest absolute Gasteiger partial charge is 0.416 e. The van der Waals surface area contributed by atoms with E-state index in [0.29, 0.717) is 5.69 Å². The van der Waals surface area contributed by atoms with Gasteiger partial charge >= 0.3 is 6.18 Å². The van der Waals surface area contributed by atoms with Crippen LogP contribution < -0.4 is 10.2 Å². The summed E-state index contributed by atoms with van der Waals surface area (Å²) in [5.41, 5.74) is 0.902. The SMILES string of the molecule is O=C(/C=C/c1ccccc1)Nc1cc(C(F)(F)F)ccc1N1CCCCCC1. The Morgan fingerprint density at radius 2 is 1.64 bits per heavy atom. The van der Waals surface area contributed by atoms with Gasteiger partial charge in [-0.05, 0) is 42.7 Å². The van der Waals surface area contributed by atoms with Crippen LogP contribution in [0.4, 0.5) is 24.5 Å². The number of hydrogen-bond donors (Lipinski definition) is 1. The number of anilines is 2. The third kappa shape index (κ3) is 5.38. The van der Waals surface area contributed by atoms with Gasteiger partial charge in [-0.25, -0.2) is 0 Å². The lowest BCUT2D eigenvalue weighted by molar-refractivity contribution is -0.137. The number of carbonyl (C=O) groups is 1. The van der Waals surface area contributed by atoms with Crippen molar-refractivity contribution in [3.8, 4) is 0 Å². The maximum absolute atomic E-state index is 13.2. The Kier molecular flexibility index (Phi) is 6.39.